The molecule has 0 aromatic heterocycles. The maximum atomic E-state index is 12.4. The first-order valence-corrected chi connectivity index (χ1v) is 9.67. The van der Waals surface area contributed by atoms with Gasteiger partial charge in [-0.15, -0.1) is 0 Å². The maximum absolute atomic E-state index is 12.4. The number of hydrogen-bond donors (Lipinski definition) is 1. The highest BCUT2D eigenvalue weighted by atomic mass is 16.5. The maximum Gasteiger partial charge on any atom is 0.223 e. The summed E-state index contributed by atoms with van der Waals surface area (Å²) in [5.41, 5.74) is 2.65. The van der Waals surface area contributed by atoms with Crippen LogP contribution < -0.4 is 15.0 Å². The second-order valence-electron chi connectivity index (χ2n) is 7.82. The number of nitrogens with zero attached hydrogens (tertiary/aromatic N) is 1. The number of anilines is 1. The lowest BCUT2D eigenvalue weighted by Gasteiger charge is -2.49. The molecule has 28 heavy (non-hydrogen) atoms. The quantitative estimate of drug-likeness (QED) is 0.812. The smallest absolute Gasteiger partial charge is 0.223 e. The van der Waals surface area contributed by atoms with Crippen molar-refractivity contribution in [1.82, 2.24) is 5.32 Å². The van der Waals surface area contributed by atoms with Gasteiger partial charge in [-0.1, -0.05) is 68.5 Å². The molecule has 4 heteroatoms. The highest BCUT2D eigenvalue weighted by Crippen LogP contribution is 2.52. The molecule has 1 fully saturated rings. The first-order chi connectivity index (χ1) is 13.5. The van der Waals surface area contributed by atoms with E-state index >= 15 is 0 Å². The van der Waals surface area contributed by atoms with Crippen LogP contribution in [0.25, 0.3) is 6.08 Å². The fourth-order valence-electron chi connectivity index (χ4n) is 4.48. The number of benzene rings is 2. The zero-order valence-corrected chi connectivity index (χ0v) is 16.6. The molecule has 1 atom stereocenters. The van der Waals surface area contributed by atoms with E-state index in [9.17, 15) is 4.79 Å². The van der Waals surface area contributed by atoms with E-state index in [1.807, 2.05) is 42.5 Å². The van der Waals surface area contributed by atoms with Gasteiger partial charge in [0.2, 0.25) is 5.91 Å². The van der Waals surface area contributed by atoms with E-state index in [4.69, 9.17) is 4.74 Å². The summed E-state index contributed by atoms with van der Waals surface area (Å²) in [6.45, 7) is 5.12. The van der Waals surface area contributed by atoms with Gasteiger partial charge in [0.15, 0.2) is 0 Å². The summed E-state index contributed by atoms with van der Waals surface area (Å²) in [6, 6.07) is 16.4. The van der Waals surface area contributed by atoms with Crippen LogP contribution in [0.4, 0.5) is 5.69 Å². The number of fused-ring (bicyclic) bond motifs is 3. The van der Waals surface area contributed by atoms with Crippen LogP contribution in [-0.4, -0.2) is 25.2 Å². The van der Waals surface area contributed by atoms with Crippen molar-refractivity contribution >= 4 is 17.7 Å². The lowest BCUT2D eigenvalue weighted by Crippen LogP contribution is -2.68. The fourth-order valence-corrected chi connectivity index (χ4v) is 4.48. The van der Waals surface area contributed by atoms with E-state index in [1.165, 1.54) is 11.3 Å². The van der Waals surface area contributed by atoms with Gasteiger partial charge in [-0.05, 0) is 23.8 Å². The lowest BCUT2D eigenvalue weighted by atomic mass is 9.74. The van der Waals surface area contributed by atoms with Crippen molar-refractivity contribution in [2.75, 3.05) is 18.6 Å². The molecule has 4 rings (SSSR count). The van der Waals surface area contributed by atoms with Gasteiger partial charge < -0.3 is 15.0 Å². The number of methoxy groups -OCH3 is 1. The molecule has 4 nitrogen and oxygen atoms in total. The van der Waals surface area contributed by atoms with Crippen LogP contribution in [0.3, 0.4) is 0 Å². The van der Waals surface area contributed by atoms with Crippen LogP contribution in [0.1, 0.15) is 31.4 Å². The van der Waals surface area contributed by atoms with Crippen LogP contribution in [0.15, 0.2) is 66.8 Å². The molecule has 0 bridgehead atoms. The third-order valence-electron chi connectivity index (χ3n) is 6.00. The predicted molar refractivity (Wildman–Crippen MR) is 113 cm³/mol. The van der Waals surface area contributed by atoms with E-state index in [1.54, 1.807) is 7.11 Å². The number of ether oxygens (including phenoxy) is 1. The Balaban J connectivity index is 1.70. The number of hydrogen-bond acceptors (Lipinski definition) is 3. The number of para-hydroxylation sites is 2. The molecule has 1 unspecified atom stereocenters. The Morgan fingerprint density at radius 2 is 1.82 bits per heavy atom. The number of rotatable bonds is 4. The molecule has 1 saturated heterocycles. The standard InChI is InChI=1S/C24H26N2O2/c1-23(2)19-12-5-6-13-20(19)26-17-15-22(27)25-24(23,26)16-9-8-11-18-10-4-7-14-21(18)28-3/h4-14,16H,15,17H2,1-3H3,(H,25,27)/b11-8+,16-9+. The van der Waals surface area contributed by atoms with E-state index in [-0.39, 0.29) is 11.3 Å². The first-order valence-electron chi connectivity index (χ1n) is 9.67. The molecule has 0 radical (unpaired) electrons. The van der Waals surface area contributed by atoms with Crippen molar-refractivity contribution in [3.8, 4) is 5.75 Å². The van der Waals surface area contributed by atoms with Gasteiger partial charge in [0.25, 0.3) is 0 Å². The summed E-state index contributed by atoms with van der Waals surface area (Å²) < 4.78 is 5.41. The van der Waals surface area contributed by atoms with Crippen molar-refractivity contribution in [3.63, 3.8) is 0 Å². The van der Waals surface area contributed by atoms with Crippen LogP contribution >= 0.6 is 0 Å². The van der Waals surface area contributed by atoms with E-state index in [0.717, 1.165) is 11.3 Å². The molecule has 2 aromatic carbocycles. The number of nitrogens with one attached hydrogen (secondary N) is 1. The van der Waals surface area contributed by atoms with E-state index < -0.39 is 5.66 Å². The average Bonchev–Trinajstić information content (AvgIpc) is 2.90. The minimum absolute atomic E-state index is 0.0930. The monoisotopic (exact) mass is 374 g/mol. The molecule has 0 saturated carbocycles. The fraction of sp³-hybridized carbons (Fsp3) is 0.292. The van der Waals surface area contributed by atoms with Crippen LogP contribution in [-0.2, 0) is 10.2 Å². The Kier molecular flexibility index (Phi) is 4.50. The van der Waals surface area contributed by atoms with Crippen molar-refractivity contribution in [2.45, 2.75) is 31.3 Å². The lowest BCUT2D eigenvalue weighted by molar-refractivity contribution is -0.124. The van der Waals surface area contributed by atoms with Crippen molar-refractivity contribution in [2.24, 2.45) is 0 Å². The van der Waals surface area contributed by atoms with Gasteiger partial charge in [0.05, 0.1) is 7.11 Å². The SMILES string of the molecule is COc1ccccc1/C=C/C=C/C12NC(=O)CCN1c1ccccc1C2(C)C. The van der Waals surface area contributed by atoms with Gasteiger partial charge in [-0.2, -0.15) is 0 Å². The van der Waals surface area contributed by atoms with Gasteiger partial charge in [0, 0.05) is 29.6 Å². The number of carbonyl (C=O) groups excluding carboxylic acids is 1. The van der Waals surface area contributed by atoms with Gasteiger partial charge in [-0.25, -0.2) is 0 Å². The van der Waals surface area contributed by atoms with E-state index in [2.05, 4.69) is 54.4 Å². The average molecular weight is 374 g/mol. The van der Waals surface area contributed by atoms with E-state index in [0.29, 0.717) is 13.0 Å². The summed E-state index contributed by atoms with van der Waals surface area (Å²) >= 11 is 0. The summed E-state index contributed by atoms with van der Waals surface area (Å²) in [5, 5.41) is 3.29. The molecular formula is C24H26N2O2. The first kappa shape index (κ1) is 18.4. The molecule has 2 aromatic rings. The minimum Gasteiger partial charge on any atom is -0.496 e. The molecule has 1 amide bonds. The molecule has 0 aliphatic carbocycles. The van der Waals surface area contributed by atoms with Crippen LogP contribution in [0.5, 0.6) is 5.75 Å². The predicted octanol–water partition coefficient (Wildman–Crippen LogP) is 4.28. The van der Waals surface area contributed by atoms with Crippen LogP contribution in [0.2, 0.25) is 0 Å². The largest absolute Gasteiger partial charge is 0.496 e. The molecule has 144 valence electrons. The molecule has 1 N–H and O–H groups in total. The Bertz CT molecular complexity index is 961. The Labute approximate surface area is 166 Å². The third kappa shape index (κ3) is 2.71. The van der Waals surface area contributed by atoms with Gasteiger partial charge in [0.1, 0.15) is 11.4 Å². The Morgan fingerprint density at radius 1 is 1.07 bits per heavy atom. The molecule has 0 spiro atoms. The summed E-state index contributed by atoms with van der Waals surface area (Å²) in [4.78, 5) is 14.7. The summed E-state index contributed by atoms with van der Waals surface area (Å²) in [6.07, 6.45) is 8.69. The molecular weight excluding hydrogens is 348 g/mol. The van der Waals surface area contributed by atoms with Crippen molar-refractivity contribution in [1.29, 1.82) is 0 Å². The highest BCUT2D eigenvalue weighted by Gasteiger charge is 2.57. The second-order valence-corrected chi connectivity index (χ2v) is 7.82. The third-order valence-corrected chi connectivity index (χ3v) is 6.00. The minimum atomic E-state index is -0.572. The topological polar surface area (TPSA) is 41.6 Å². The Morgan fingerprint density at radius 3 is 2.64 bits per heavy atom. The molecule has 2 heterocycles. The zero-order chi connectivity index (χ0) is 19.8. The Hall–Kier alpha value is -3.01. The number of carbonyl (C=O) groups is 1. The summed E-state index contributed by atoms with van der Waals surface area (Å²) in [5.74, 6) is 0.932. The van der Waals surface area contributed by atoms with Gasteiger partial charge in [-0.3, -0.25) is 4.79 Å². The summed E-state index contributed by atoms with van der Waals surface area (Å²) in [7, 11) is 1.68. The van der Waals surface area contributed by atoms with Crippen LogP contribution in [0, 0.1) is 0 Å². The normalized spacial score (nSPS) is 23.0. The second kappa shape index (κ2) is 6.86. The van der Waals surface area contributed by atoms with Crippen molar-refractivity contribution in [3.05, 3.63) is 77.9 Å². The number of amides is 1. The van der Waals surface area contributed by atoms with Gasteiger partial charge >= 0.3 is 0 Å². The molecule has 2 aliphatic rings. The van der Waals surface area contributed by atoms with Crippen molar-refractivity contribution < 1.29 is 9.53 Å². The number of allylic oxidation sites excluding steroid dienone is 2. The zero-order valence-electron chi connectivity index (χ0n) is 16.6. The molecule has 2 aliphatic heterocycles. The highest BCUT2D eigenvalue weighted by molar-refractivity contribution is 5.84.